The number of nitrogens with two attached hydrogens (primary N) is 1. The second kappa shape index (κ2) is 8.27. The Bertz CT molecular complexity index is 996. The smallest absolute Gasteiger partial charge is 0.251 e. The molecule has 1 amide bonds. The zero-order valence-electron chi connectivity index (χ0n) is 15.0. The highest BCUT2D eigenvalue weighted by molar-refractivity contribution is 5.92. The first kappa shape index (κ1) is 18.3. The number of nitrogens with one attached hydrogen (secondary N) is 2. The molecule has 0 atom stereocenters. The van der Waals surface area contributed by atoms with Gasteiger partial charge in [0.2, 0.25) is 5.91 Å². The van der Waals surface area contributed by atoms with Crippen molar-refractivity contribution in [3.63, 3.8) is 0 Å². The maximum Gasteiger partial charge on any atom is 0.251 e. The standard InChI is InChI=1S/C20H21N5O2/c1-2-16-11-18(26)25-20(24-16)15-6-7-17(23-12-15)22-9-8-13-4-3-5-14(10-13)19(21)27/h3-7,10-12H,2,8-9H2,1H3,(H2,21,27)(H,22,23)(H,24,25,26). The maximum atomic E-state index is 11.7. The number of anilines is 1. The number of aromatic nitrogens is 3. The van der Waals surface area contributed by atoms with E-state index in [1.807, 2.05) is 31.2 Å². The number of pyridine rings is 1. The summed E-state index contributed by atoms with van der Waals surface area (Å²) in [6.45, 7) is 2.62. The molecule has 4 N–H and O–H groups in total. The summed E-state index contributed by atoms with van der Waals surface area (Å²) in [5, 5.41) is 3.23. The van der Waals surface area contributed by atoms with E-state index in [1.165, 1.54) is 6.07 Å². The van der Waals surface area contributed by atoms with Crippen LogP contribution in [-0.4, -0.2) is 27.4 Å². The van der Waals surface area contributed by atoms with E-state index in [0.29, 0.717) is 24.4 Å². The molecule has 0 saturated heterocycles. The van der Waals surface area contributed by atoms with Gasteiger partial charge < -0.3 is 16.0 Å². The summed E-state index contributed by atoms with van der Waals surface area (Å²) in [4.78, 5) is 34.4. The fourth-order valence-electron chi connectivity index (χ4n) is 2.68. The fraction of sp³-hybridized carbons (Fsp3) is 0.200. The Morgan fingerprint density at radius 1 is 1.22 bits per heavy atom. The molecule has 0 saturated carbocycles. The summed E-state index contributed by atoms with van der Waals surface area (Å²) in [7, 11) is 0. The van der Waals surface area contributed by atoms with Crippen molar-refractivity contribution in [1.29, 1.82) is 0 Å². The van der Waals surface area contributed by atoms with E-state index in [1.54, 1.807) is 18.3 Å². The summed E-state index contributed by atoms with van der Waals surface area (Å²) < 4.78 is 0. The molecule has 2 aromatic heterocycles. The molecular formula is C20H21N5O2. The van der Waals surface area contributed by atoms with E-state index < -0.39 is 5.91 Å². The van der Waals surface area contributed by atoms with Gasteiger partial charge >= 0.3 is 0 Å². The molecule has 0 radical (unpaired) electrons. The van der Waals surface area contributed by atoms with Crippen molar-refractivity contribution >= 4 is 11.7 Å². The molecule has 3 rings (SSSR count). The Labute approximate surface area is 156 Å². The first-order valence-electron chi connectivity index (χ1n) is 8.74. The number of carbonyl (C=O) groups is 1. The first-order chi connectivity index (χ1) is 13.0. The van der Waals surface area contributed by atoms with Crippen molar-refractivity contribution in [2.45, 2.75) is 19.8 Å². The Hall–Kier alpha value is -3.48. The van der Waals surface area contributed by atoms with Gasteiger partial charge in [0.25, 0.3) is 5.56 Å². The van der Waals surface area contributed by atoms with E-state index in [2.05, 4.69) is 20.3 Å². The minimum atomic E-state index is -0.430. The Balaban J connectivity index is 1.63. The zero-order valence-corrected chi connectivity index (χ0v) is 15.0. The number of amides is 1. The van der Waals surface area contributed by atoms with Crippen molar-refractivity contribution in [3.8, 4) is 11.4 Å². The van der Waals surface area contributed by atoms with Crippen molar-refractivity contribution in [3.05, 3.63) is 75.8 Å². The van der Waals surface area contributed by atoms with E-state index >= 15 is 0 Å². The van der Waals surface area contributed by atoms with Crippen LogP contribution in [0.15, 0.2) is 53.5 Å². The van der Waals surface area contributed by atoms with Crippen LogP contribution in [0.1, 0.15) is 28.5 Å². The molecule has 0 aliphatic carbocycles. The Morgan fingerprint density at radius 2 is 2.07 bits per heavy atom. The summed E-state index contributed by atoms with van der Waals surface area (Å²) in [5.41, 5.74) is 8.15. The van der Waals surface area contributed by atoms with Gasteiger partial charge in [-0.3, -0.25) is 9.59 Å². The summed E-state index contributed by atoms with van der Waals surface area (Å²) >= 11 is 0. The van der Waals surface area contributed by atoms with Crippen molar-refractivity contribution in [2.24, 2.45) is 5.73 Å². The lowest BCUT2D eigenvalue weighted by molar-refractivity contribution is 0.1000. The molecule has 0 fully saturated rings. The molecule has 0 bridgehead atoms. The molecule has 0 spiro atoms. The van der Waals surface area contributed by atoms with Crippen molar-refractivity contribution in [2.75, 3.05) is 11.9 Å². The van der Waals surface area contributed by atoms with Crippen LogP contribution in [0.5, 0.6) is 0 Å². The lowest BCUT2D eigenvalue weighted by atomic mass is 10.1. The molecule has 7 heteroatoms. The average molecular weight is 363 g/mol. The predicted octanol–water partition coefficient (Wildman–Crippen LogP) is 2.15. The van der Waals surface area contributed by atoms with Crippen LogP contribution >= 0.6 is 0 Å². The van der Waals surface area contributed by atoms with Gasteiger partial charge in [-0.2, -0.15) is 0 Å². The number of hydrogen-bond donors (Lipinski definition) is 3. The highest BCUT2D eigenvalue weighted by atomic mass is 16.1. The van der Waals surface area contributed by atoms with Gasteiger partial charge in [0, 0.05) is 35.6 Å². The lowest BCUT2D eigenvalue weighted by Gasteiger charge is -2.08. The van der Waals surface area contributed by atoms with Crippen LogP contribution in [0.4, 0.5) is 5.82 Å². The molecule has 0 aliphatic rings. The van der Waals surface area contributed by atoms with Crippen molar-refractivity contribution < 1.29 is 4.79 Å². The first-order valence-corrected chi connectivity index (χ1v) is 8.74. The number of nitrogens with zero attached hydrogens (tertiary/aromatic N) is 2. The Morgan fingerprint density at radius 3 is 2.78 bits per heavy atom. The highest BCUT2D eigenvalue weighted by Crippen LogP contribution is 2.15. The third kappa shape index (κ3) is 4.78. The summed E-state index contributed by atoms with van der Waals surface area (Å²) in [6, 6.07) is 12.5. The molecule has 27 heavy (non-hydrogen) atoms. The summed E-state index contributed by atoms with van der Waals surface area (Å²) in [6.07, 6.45) is 3.10. The van der Waals surface area contributed by atoms with Gasteiger partial charge in [0.1, 0.15) is 11.6 Å². The number of hydrogen-bond acceptors (Lipinski definition) is 5. The topological polar surface area (TPSA) is 114 Å². The van der Waals surface area contributed by atoms with Crippen LogP contribution in [-0.2, 0) is 12.8 Å². The van der Waals surface area contributed by atoms with Crippen molar-refractivity contribution in [1.82, 2.24) is 15.0 Å². The van der Waals surface area contributed by atoms with Crippen LogP contribution in [0.3, 0.4) is 0 Å². The van der Waals surface area contributed by atoms with Crippen LogP contribution < -0.4 is 16.6 Å². The quantitative estimate of drug-likeness (QED) is 0.595. The summed E-state index contributed by atoms with van der Waals surface area (Å²) in [5.74, 6) is 0.807. The van der Waals surface area contributed by atoms with Crippen LogP contribution in [0, 0.1) is 0 Å². The van der Waals surface area contributed by atoms with Gasteiger partial charge in [-0.05, 0) is 42.7 Å². The molecule has 7 nitrogen and oxygen atoms in total. The average Bonchev–Trinajstić information content (AvgIpc) is 2.68. The minimum absolute atomic E-state index is 0.169. The zero-order chi connectivity index (χ0) is 19.2. The fourth-order valence-corrected chi connectivity index (χ4v) is 2.68. The monoisotopic (exact) mass is 363 g/mol. The van der Waals surface area contributed by atoms with E-state index in [4.69, 9.17) is 5.73 Å². The van der Waals surface area contributed by atoms with Crippen LogP contribution in [0.25, 0.3) is 11.4 Å². The maximum absolute atomic E-state index is 11.7. The number of benzene rings is 1. The Kier molecular flexibility index (Phi) is 5.61. The number of rotatable bonds is 7. The number of aryl methyl sites for hydroxylation is 1. The second-order valence-corrected chi connectivity index (χ2v) is 6.11. The molecule has 138 valence electrons. The third-order valence-corrected chi connectivity index (χ3v) is 4.13. The molecule has 3 aromatic rings. The van der Waals surface area contributed by atoms with Gasteiger partial charge in [0.15, 0.2) is 0 Å². The molecule has 0 unspecified atom stereocenters. The largest absolute Gasteiger partial charge is 0.370 e. The number of primary amides is 1. The molecule has 1 aromatic carbocycles. The van der Waals surface area contributed by atoms with Crippen LogP contribution in [0.2, 0.25) is 0 Å². The van der Waals surface area contributed by atoms with Gasteiger partial charge in [-0.15, -0.1) is 0 Å². The van der Waals surface area contributed by atoms with Gasteiger partial charge in [-0.1, -0.05) is 19.1 Å². The SMILES string of the molecule is CCc1cc(=O)[nH]c(-c2ccc(NCCc3cccc(C(N)=O)c3)nc2)n1. The molecular weight excluding hydrogens is 342 g/mol. The number of aromatic amines is 1. The highest BCUT2D eigenvalue weighted by Gasteiger charge is 2.05. The van der Waals surface area contributed by atoms with Gasteiger partial charge in [-0.25, -0.2) is 9.97 Å². The number of carbonyl (C=O) groups excluding carboxylic acids is 1. The van der Waals surface area contributed by atoms with E-state index in [9.17, 15) is 9.59 Å². The third-order valence-electron chi connectivity index (χ3n) is 4.13. The molecule has 0 aliphatic heterocycles. The normalized spacial score (nSPS) is 10.6. The number of H-pyrrole nitrogens is 1. The minimum Gasteiger partial charge on any atom is -0.370 e. The lowest BCUT2D eigenvalue weighted by Crippen LogP contribution is -2.12. The second-order valence-electron chi connectivity index (χ2n) is 6.11. The van der Waals surface area contributed by atoms with E-state index in [-0.39, 0.29) is 5.56 Å². The van der Waals surface area contributed by atoms with E-state index in [0.717, 1.165) is 29.1 Å². The van der Waals surface area contributed by atoms with Gasteiger partial charge in [0.05, 0.1) is 0 Å². The molecule has 2 heterocycles. The predicted molar refractivity (Wildman–Crippen MR) is 105 cm³/mol.